The SMILES string of the molecule is CC/C=C\C/C=C\C/C=C\C/C=C\CCCCCCCCC(=O)OC(COC(=O)CCCCCCC/C=C\C/C=C\CCC)COC(=O)CCCCCCCCCC/C=C\C/C=C\C/C=C\CCCCCCC. The van der Waals surface area contributed by atoms with E-state index in [-0.39, 0.29) is 31.1 Å². The van der Waals surface area contributed by atoms with Crippen LogP contribution in [0.15, 0.2) is 109 Å². The number of rotatable bonds is 54. The predicted octanol–water partition coefficient (Wildman–Crippen LogP) is 20.7. The molecule has 0 rings (SSSR count). The van der Waals surface area contributed by atoms with Gasteiger partial charge in [0, 0.05) is 19.3 Å². The van der Waals surface area contributed by atoms with Crippen molar-refractivity contribution in [3.8, 4) is 0 Å². The predicted molar refractivity (Wildman–Crippen MR) is 316 cm³/mol. The molecule has 0 amide bonds. The molecule has 0 saturated heterocycles. The molecule has 0 N–H and O–H groups in total. The Hall–Kier alpha value is -3.93. The molecule has 0 saturated carbocycles. The summed E-state index contributed by atoms with van der Waals surface area (Å²) in [7, 11) is 0. The van der Waals surface area contributed by atoms with Crippen LogP contribution in [-0.4, -0.2) is 37.2 Å². The molecule has 0 aromatic heterocycles. The van der Waals surface area contributed by atoms with Gasteiger partial charge in [-0.3, -0.25) is 14.4 Å². The van der Waals surface area contributed by atoms with Crippen LogP contribution >= 0.6 is 0 Å². The summed E-state index contributed by atoms with van der Waals surface area (Å²) in [5.41, 5.74) is 0. The highest BCUT2D eigenvalue weighted by Crippen LogP contribution is 2.15. The van der Waals surface area contributed by atoms with E-state index < -0.39 is 6.10 Å². The summed E-state index contributed by atoms with van der Waals surface area (Å²) in [6, 6.07) is 0. The van der Waals surface area contributed by atoms with Gasteiger partial charge in [0.1, 0.15) is 13.2 Å². The summed E-state index contributed by atoms with van der Waals surface area (Å²) in [6.07, 6.45) is 82.2. The number of esters is 3. The molecule has 0 heterocycles. The van der Waals surface area contributed by atoms with Crippen LogP contribution in [0.25, 0.3) is 0 Å². The Morgan fingerprint density at radius 1 is 0.288 bits per heavy atom. The molecule has 0 aromatic rings. The van der Waals surface area contributed by atoms with Crippen LogP contribution in [0.1, 0.15) is 278 Å². The largest absolute Gasteiger partial charge is 0.462 e. The van der Waals surface area contributed by atoms with E-state index in [4.69, 9.17) is 14.2 Å². The quantitative estimate of drug-likeness (QED) is 0.0261. The van der Waals surface area contributed by atoms with E-state index in [1.807, 2.05) is 0 Å². The van der Waals surface area contributed by atoms with Crippen molar-refractivity contribution in [1.82, 2.24) is 0 Å². The average Bonchev–Trinajstić information content (AvgIpc) is 3.39. The van der Waals surface area contributed by atoms with Crippen molar-refractivity contribution in [2.24, 2.45) is 0 Å². The van der Waals surface area contributed by atoms with Gasteiger partial charge in [0.15, 0.2) is 6.10 Å². The van der Waals surface area contributed by atoms with E-state index in [0.717, 1.165) is 148 Å². The van der Waals surface area contributed by atoms with Gasteiger partial charge in [-0.15, -0.1) is 0 Å². The first-order valence-corrected chi connectivity index (χ1v) is 30.4. The van der Waals surface area contributed by atoms with Gasteiger partial charge < -0.3 is 14.2 Å². The molecule has 0 fully saturated rings. The molecular formula is C67H112O6. The zero-order valence-corrected chi connectivity index (χ0v) is 47.6. The lowest BCUT2D eigenvalue weighted by molar-refractivity contribution is -0.167. The molecule has 416 valence electrons. The maximum absolute atomic E-state index is 12.9. The number of unbranched alkanes of at least 4 members (excludes halogenated alkanes) is 25. The fourth-order valence-corrected chi connectivity index (χ4v) is 8.18. The topological polar surface area (TPSA) is 78.9 Å². The Morgan fingerprint density at radius 2 is 0.562 bits per heavy atom. The van der Waals surface area contributed by atoms with E-state index >= 15 is 0 Å². The minimum atomic E-state index is -0.798. The molecule has 0 aliphatic carbocycles. The van der Waals surface area contributed by atoms with Crippen LogP contribution in [0, 0.1) is 0 Å². The van der Waals surface area contributed by atoms with Crippen molar-refractivity contribution < 1.29 is 28.6 Å². The second-order valence-corrected chi connectivity index (χ2v) is 19.9. The zero-order valence-electron chi connectivity index (χ0n) is 47.6. The maximum Gasteiger partial charge on any atom is 0.306 e. The highest BCUT2D eigenvalue weighted by Gasteiger charge is 2.19. The molecule has 0 aromatic carbocycles. The first kappa shape index (κ1) is 69.1. The van der Waals surface area contributed by atoms with Crippen LogP contribution in [0.4, 0.5) is 0 Å². The molecule has 6 heteroatoms. The van der Waals surface area contributed by atoms with Crippen LogP contribution in [0.5, 0.6) is 0 Å². The summed E-state index contributed by atoms with van der Waals surface area (Å²) in [5, 5.41) is 0. The van der Waals surface area contributed by atoms with Crippen LogP contribution in [-0.2, 0) is 28.6 Å². The van der Waals surface area contributed by atoms with Gasteiger partial charge in [-0.1, -0.05) is 246 Å². The molecular weight excluding hydrogens is 901 g/mol. The molecule has 0 aliphatic heterocycles. The Kier molecular flexibility index (Phi) is 57.4. The zero-order chi connectivity index (χ0) is 52.9. The Bertz CT molecular complexity index is 1490. The summed E-state index contributed by atoms with van der Waals surface area (Å²) < 4.78 is 16.9. The lowest BCUT2D eigenvalue weighted by Gasteiger charge is -2.18. The van der Waals surface area contributed by atoms with Crippen LogP contribution in [0.3, 0.4) is 0 Å². The minimum absolute atomic E-state index is 0.0938. The van der Waals surface area contributed by atoms with E-state index in [1.165, 1.54) is 89.9 Å². The number of carbonyl (C=O) groups excluding carboxylic acids is 3. The highest BCUT2D eigenvalue weighted by atomic mass is 16.6. The molecule has 73 heavy (non-hydrogen) atoms. The number of hydrogen-bond donors (Lipinski definition) is 0. The monoisotopic (exact) mass is 1010 g/mol. The Labute approximate surface area is 450 Å². The lowest BCUT2D eigenvalue weighted by atomic mass is 10.1. The fraction of sp³-hybridized carbons (Fsp3) is 0.687. The van der Waals surface area contributed by atoms with E-state index in [9.17, 15) is 14.4 Å². The van der Waals surface area contributed by atoms with Gasteiger partial charge in [-0.05, 0) is 122 Å². The van der Waals surface area contributed by atoms with E-state index in [2.05, 4.69) is 130 Å². The third-order valence-corrected chi connectivity index (χ3v) is 12.7. The summed E-state index contributed by atoms with van der Waals surface area (Å²) >= 11 is 0. The van der Waals surface area contributed by atoms with Crippen LogP contribution < -0.4 is 0 Å². The van der Waals surface area contributed by atoms with Crippen molar-refractivity contribution in [2.45, 2.75) is 284 Å². The molecule has 0 aliphatic rings. The van der Waals surface area contributed by atoms with E-state index in [0.29, 0.717) is 19.3 Å². The highest BCUT2D eigenvalue weighted by molar-refractivity contribution is 5.71. The lowest BCUT2D eigenvalue weighted by Crippen LogP contribution is -2.30. The van der Waals surface area contributed by atoms with Crippen molar-refractivity contribution in [1.29, 1.82) is 0 Å². The first-order valence-electron chi connectivity index (χ1n) is 30.4. The second kappa shape index (κ2) is 60.6. The molecule has 0 spiro atoms. The summed E-state index contributed by atoms with van der Waals surface area (Å²) in [4.78, 5) is 38.2. The standard InChI is InChI=1S/C67H112O6/c1-4-7-10-13-16-19-22-25-27-29-31-32-33-34-36-37-39-42-45-48-51-54-57-60-66(69)72-63-64(62-71-65(68)59-56-53-50-47-44-41-24-21-18-15-12-9-6-3)73-67(70)61-58-55-52-49-46-43-40-38-35-30-28-26-23-20-17-14-11-8-5-2/h8,11-12,15,17,20-22,24-26,28-29,31,33-35,38,64H,4-7,9-10,13-14,16,18-19,23,27,30,32,36-37,39-63H2,1-3H3/b11-8-,15-12-,20-17-,24-21-,25-22-,28-26-,31-29-,34-33-,38-35-. The molecule has 1 atom stereocenters. The van der Waals surface area contributed by atoms with Gasteiger partial charge in [0.2, 0.25) is 0 Å². The van der Waals surface area contributed by atoms with Gasteiger partial charge in [-0.25, -0.2) is 0 Å². The molecule has 6 nitrogen and oxygen atoms in total. The Balaban J connectivity index is 4.40. The van der Waals surface area contributed by atoms with Crippen molar-refractivity contribution in [3.05, 3.63) is 109 Å². The van der Waals surface area contributed by atoms with Gasteiger partial charge in [0.05, 0.1) is 0 Å². The van der Waals surface area contributed by atoms with Crippen molar-refractivity contribution in [2.75, 3.05) is 13.2 Å². The second-order valence-electron chi connectivity index (χ2n) is 19.9. The number of hydrogen-bond acceptors (Lipinski definition) is 6. The first-order chi connectivity index (χ1) is 36.0. The van der Waals surface area contributed by atoms with Gasteiger partial charge in [0.25, 0.3) is 0 Å². The smallest absolute Gasteiger partial charge is 0.306 e. The Morgan fingerprint density at radius 3 is 0.890 bits per heavy atom. The number of ether oxygens (including phenoxy) is 3. The molecule has 0 bridgehead atoms. The summed E-state index contributed by atoms with van der Waals surface area (Å²) in [6.45, 7) is 6.43. The van der Waals surface area contributed by atoms with E-state index in [1.54, 1.807) is 0 Å². The summed E-state index contributed by atoms with van der Waals surface area (Å²) in [5.74, 6) is -0.926. The van der Waals surface area contributed by atoms with Gasteiger partial charge >= 0.3 is 17.9 Å². The molecule has 0 radical (unpaired) electrons. The third kappa shape index (κ3) is 58.8. The normalized spacial score (nSPS) is 12.9. The average molecular weight is 1010 g/mol. The fourth-order valence-electron chi connectivity index (χ4n) is 8.18. The number of allylic oxidation sites excluding steroid dienone is 18. The maximum atomic E-state index is 12.9. The van der Waals surface area contributed by atoms with Crippen molar-refractivity contribution >= 4 is 17.9 Å². The van der Waals surface area contributed by atoms with Crippen molar-refractivity contribution in [3.63, 3.8) is 0 Å². The van der Waals surface area contributed by atoms with Crippen LogP contribution in [0.2, 0.25) is 0 Å². The molecule has 1 unspecified atom stereocenters. The third-order valence-electron chi connectivity index (χ3n) is 12.7. The minimum Gasteiger partial charge on any atom is -0.462 e. The van der Waals surface area contributed by atoms with Gasteiger partial charge in [-0.2, -0.15) is 0 Å². The number of carbonyl (C=O) groups is 3.